The van der Waals surface area contributed by atoms with Crippen molar-refractivity contribution in [1.82, 2.24) is 9.97 Å². The summed E-state index contributed by atoms with van der Waals surface area (Å²) >= 11 is 1.27. The van der Waals surface area contributed by atoms with Crippen LogP contribution >= 0.6 is 11.8 Å². The molecule has 35 heavy (non-hydrogen) atoms. The van der Waals surface area contributed by atoms with Gasteiger partial charge in [-0.15, -0.1) is 0 Å². The molecule has 0 spiro atoms. The number of phenols is 1. The van der Waals surface area contributed by atoms with Crippen LogP contribution in [0.2, 0.25) is 0 Å². The molecule has 4 rings (SSSR count). The van der Waals surface area contributed by atoms with Crippen molar-refractivity contribution in [1.29, 1.82) is 0 Å². The molecule has 10 nitrogen and oxygen atoms in total. The van der Waals surface area contributed by atoms with Gasteiger partial charge in [0.25, 0.3) is 11.2 Å². The zero-order valence-electron chi connectivity index (χ0n) is 18.9. The summed E-state index contributed by atoms with van der Waals surface area (Å²) in [6, 6.07) is 12.5. The molecule has 3 N–H and O–H groups in total. The maximum atomic E-state index is 13.3. The molecule has 1 unspecified atom stereocenters. The number of nitrogens with one attached hydrogen (secondary N) is 2. The molecule has 1 aliphatic heterocycles. The number of rotatable bonds is 7. The number of hydrogen-bond acceptors (Lipinski definition) is 9. The fourth-order valence-electron chi connectivity index (χ4n) is 3.88. The highest BCUT2D eigenvalue weighted by atomic mass is 32.2. The molecule has 0 fully saturated rings. The first-order valence-electron chi connectivity index (χ1n) is 10.7. The number of anilines is 1. The number of allylic oxidation sites excluding steroid dienone is 1. The van der Waals surface area contributed by atoms with E-state index in [4.69, 9.17) is 4.74 Å². The summed E-state index contributed by atoms with van der Waals surface area (Å²) in [5.41, 5.74) is 1.94. The number of phenolic OH excluding ortho intramolecular Hbond substituents is 1. The van der Waals surface area contributed by atoms with E-state index in [0.29, 0.717) is 28.0 Å². The third kappa shape index (κ3) is 5.04. The number of non-ortho nitro benzene ring substituents is 1. The van der Waals surface area contributed by atoms with Gasteiger partial charge >= 0.3 is 5.97 Å². The second-order valence-electron chi connectivity index (χ2n) is 7.76. The van der Waals surface area contributed by atoms with E-state index < -0.39 is 22.4 Å². The van der Waals surface area contributed by atoms with Crippen LogP contribution in [0.3, 0.4) is 0 Å². The maximum Gasteiger partial charge on any atom is 0.336 e. The highest BCUT2D eigenvalue weighted by molar-refractivity contribution is 7.98. The van der Waals surface area contributed by atoms with Gasteiger partial charge in [-0.3, -0.25) is 14.9 Å². The fourth-order valence-corrected chi connectivity index (χ4v) is 4.70. The number of fused-ring (bicyclic) bond motifs is 1. The van der Waals surface area contributed by atoms with E-state index >= 15 is 0 Å². The molecular formula is C24H22N4O6S. The van der Waals surface area contributed by atoms with E-state index in [2.05, 4.69) is 15.3 Å². The maximum absolute atomic E-state index is 13.3. The molecule has 180 valence electrons. The zero-order chi connectivity index (χ0) is 25.1. The Morgan fingerprint density at radius 3 is 2.66 bits per heavy atom. The Kier molecular flexibility index (Phi) is 6.87. The molecular weight excluding hydrogens is 472 g/mol. The Morgan fingerprint density at radius 2 is 2.00 bits per heavy atom. The van der Waals surface area contributed by atoms with E-state index in [1.807, 2.05) is 0 Å². The van der Waals surface area contributed by atoms with Crippen molar-refractivity contribution in [3.05, 3.63) is 97.0 Å². The standard InChI is InChI=1S/C24H22N4O6S/c1-3-34-23(31)18-13(2)25-21-20(19(18)15-5-4-6-17(29)11-15)22(30)27-24(26-21)35-12-14-7-9-16(10-8-14)28(32)33/h4-11,19,29H,3,12H2,1-2H3,(H2,25,26,27,30). The smallest absolute Gasteiger partial charge is 0.336 e. The fraction of sp³-hybridized carbons (Fsp3) is 0.208. The largest absolute Gasteiger partial charge is 0.508 e. The summed E-state index contributed by atoms with van der Waals surface area (Å²) in [7, 11) is 0. The van der Waals surface area contributed by atoms with E-state index in [9.17, 15) is 24.8 Å². The van der Waals surface area contributed by atoms with Crippen LogP contribution in [0.15, 0.2) is 69.8 Å². The quantitative estimate of drug-likeness (QED) is 0.145. The first kappa shape index (κ1) is 24.0. The van der Waals surface area contributed by atoms with Gasteiger partial charge in [0, 0.05) is 23.6 Å². The van der Waals surface area contributed by atoms with Gasteiger partial charge < -0.3 is 20.1 Å². The van der Waals surface area contributed by atoms with Crippen molar-refractivity contribution < 1.29 is 19.6 Å². The van der Waals surface area contributed by atoms with E-state index in [1.54, 1.807) is 38.1 Å². The highest BCUT2D eigenvalue weighted by Gasteiger charge is 2.36. The average Bonchev–Trinajstić information content (AvgIpc) is 2.82. The lowest BCUT2D eigenvalue weighted by atomic mass is 9.82. The number of hydrogen-bond donors (Lipinski definition) is 3. The van der Waals surface area contributed by atoms with Crippen LogP contribution in [0, 0.1) is 10.1 Å². The summed E-state index contributed by atoms with van der Waals surface area (Å²) in [6.07, 6.45) is 0. The van der Waals surface area contributed by atoms with Gasteiger partial charge in [-0.05, 0) is 37.1 Å². The molecule has 1 atom stereocenters. The monoisotopic (exact) mass is 494 g/mol. The number of H-pyrrole nitrogens is 1. The topological polar surface area (TPSA) is 147 Å². The van der Waals surface area contributed by atoms with Crippen molar-refractivity contribution in [2.24, 2.45) is 0 Å². The lowest BCUT2D eigenvalue weighted by Gasteiger charge is -2.28. The van der Waals surface area contributed by atoms with Crippen LogP contribution in [0.5, 0.6) is 5.75 Å². The number of nitro benzene ring substituents is 1. The summed E-state index contributed by atoms with van der Waals surface area (Å²) in [6.45, 7) is 3.57. The van der Waals surface area contributed by atoms with Crippen LogP contribution in [0.4, 0.5) is 11.5 Å². The number of aromatic hydroxyl groups is 1. The van der Waals surface area contributed by atoms with Crippen LogP contribution in [-0.2, 0) is 15.3 Å². The molecule has 3 aromatic rings. The number of benzene rings is 2. The minimum Gasteiger partial charge on any atom is -0.508 e. The Morgan fingerprint density at radius 1 is 1.26 bits per heavy atom. The summed E-state index contributed by atoms with van der Waals surface area (Å²) in [5, 5.41) is 24.3. The normalized spacial score (nSPS) is 14.7. The van der Waals surface area contributed by atoms with Gasteiger partial charge in [-0.1, -0.05) is 36.0 Å². The Labute approximate surface area is 204 Å². The molecule has 2 heterocycles. The van der Waals surface area contributed by atoms with Crippen molar-refractivity contribution in [3.8, 4) is 5.75 Å². The number of ether oxygens (including phenoxy) is 1. The summed E-state index contributed by atoms with van der Waals surface area (Å²) in [4.78, 5) is 43.8. The number of esters is 1. The number of aromatic amines is 1. The first-order valence-corrected chi connectivity index (χ1v) is 11.7. The molecule has 0 aliphatic carbocycles. The third-order valence-electron chi connectivity index (χ3n) is 5.44. The summed E-state index contributed by atoms with van der Waals surface area (Å²) < 4.78 is 5.24. The second kappa shape index (κ2) is 10.0. The predicted octanol–water partition coefficient (Wildman–Crippen LogP) is 4.07. The van der Waals surface area contributed by atoms with E-state index in [1.165, 1.54) is 36.0 Å². The van der Waals surface area contributed by atoms with Gasteiger partial charge in [0.05, 0.1) is 28.6 Å². The minimum atomic E-state index is -0.789. The van der Waals surface area contributed by atoms with Crippen LogP contribution < -0.4 is 10.9 Å². The first-order chi connectivity index (χ1) is 16.8. The molecule has 2 aromatic carbocycles. The number of nitro groups is 1. The molecule has 1 aliphatic rings. The minimum absolute atomic E-state index is 0.000851. The number of carbonyl (C=O) groups is 1. The molecule has 0 radical (unpaired) electrons. The zero-order valence-corrected chi connectivity index (χ0v) is 19.7. The van der Waals surface area contributed by atoms with Crippen molar-refractivity contribution in [2.45, 2.75) is 30.7 Å². The van der Waals surface area contributed by atoms with Crippen LogP contribution in [-0.4, -0.2) is 32.6 Å². The van der Waals surface area contributed by atoms with Crippen LogP contribution in [0.25, 0.3) is 0 Å². The van der Waals surface area contributed by atoms with Crippen molar-refractivity contribution >= 4 is 29.2 Å². The Balaban J connectivity index is 1.70. The molecule has 0 amide bonds. The van der Waals surface area contributed by atoms with Gasteiger partial charge in [-0.25, -0.2) is 9.78 Å². The number of thioether (sulfide) groups is 1. The second-order valence-corrected chi connectivity index (χ2v) is 8.72. The van der Waals surface area contributed by atoms with Gasteiger partial charge in [-0.2, -0.15) is 0 Å². The number of nitrogens with zero attached hydrogens (tertiary/aromatic N) is 2. The van der Waals surface area contributed by atoms with E-state index in [0.717, 1.165) is 5.56 Å². The van der Waals surface area contributed by atoms with E-state index in [-0.39, 0.29) is 29.2 Å². The third-order valence-corrected chi connectivity index (χ3v) is 6.39. The van der Waals surface area contributed by atoms with Crippen molar-refractivity contribution in [3.63, 3.8) is 0 Å². The molecule has 1 aromatic heterocycles. The summed E-state index contributed by atoms with van der Waals surface area (Å²) in [5.74, 6) is -0.615. The predicted molar refractivity (Wildman–Crippen MR) is 130 cm³/mol. The number of aromatic nitrogens is 2. The molecule has 11 heteroatoms. The lowest BCUT2D eigenvalue weighted by Crippen LogP contribution is -2.31. The number of carbonyl (C=O) groups excluding carboxylic acids is 1. The Bertz CT molecular complexity index is 1380. The lowest BCUT2D eigenvalue weighted by molar-refractivity contribution is -0.384. The molecule has 0 saturated heterocycles. The molecule has 0 saturated carbocycles. The molecule has 0 bridgehead atoms. The van der Waals surface area contributed by atoms with Crippen molar-refractivity contribution in [2.75, 3.05) is 11.9 Å². The van der Waals surface area contributed by atoms with Gasteiger partial charge in [0.1, 0.15) is 11.6 Å². The highest BCUT2D eigenvalue weighted by Crippen LogP contribution is 2.41. The van der Waals surface area contributed by atoms with Gasteiger partial charge in [0.15, 0.2) is 5.16 Å². The Hall–Kier alpha value is -4.12. The van der Waals surface area contributed by atoms with Crippen LogP contribution in [0.1, 0.15) is 36.5 Å². The SMILES string of the molecule is CCOC(=O)C1=C(C)Nc2nc(SCc3ccc([N+](=O)[O-])cc3)[nH]c(=O)c2C1c1cccc(O)c1. The van der Waals surface area contributed by atoms with Gasteiger partial charge in [0.2, 0.25) is 0 Å². The average molecular weight is 495 g/mol.